The second kappa shape index (κ2) is 8.38. The average Bonchev–Trinajstić information content (AvgIpc) is 3.11. The first-order valence-corrected chi connectivity index (χ1v) is 10.7. The fourth-order valence-corrected chi connectivity index (χ4v) is 3.83. The van der Waals surface area contributed by atoms with E-state index in [0.717, 1.165) is 16.3 Å². The van der Waals surface area contributed by atoms with Crippen molar-refractivity contribution < 1.29 is 9.00 Å². The molecular formula is C20H20N2O2S2. The largest absolute Gasteiger partial charge is 0.352 e. The molecule has 0 saturated heterocycles. The van der Waals surface area contributed by atoms with E-state index in [4.69, 9.17) is 0 Å². The van der Waals surface area contributed by atoms with Gasteiger partial charge in [-0.2, -0.15) is 0 Å². The summed E-state index contributed by atoms with van der Waals surface area (Å²) in [6.07, 6.45) is 2.30. The summed E-state index contributed by atoms with van der Waals surface area (Å²) in [6, 6.07) is 15.2. The summed E-state index contributed by atoms with van der Waals surface area (Å²) in [5.74, 6) is -0.132. The molecule has 0 saturated carbocycles. The molecule has 3 rings (SSSR count). The number of hydrogen-bond acceptors (Lipinski definition) is 4. The summed E-state index contributed by atoms with van der Waals surface area (Å²) in [5.41, 5.74) is 3.89. The second-order valence-corrected chi connectivity index (χ2v) is 8.23. The number of rotatable bonds is 6. The van der Waals surface area contributed by atoms with Crippen molar-refractivity contribution in [1.82, 2.24) is 10.3 Å². The van der Waals surface area contributed by atoms with Gasteiger partial charge in [0.2, 0.25) is 0 Å². The van der Waals surface area contributed by atoms with Crippen molar-refractivity contribution in [3.8, 4) is 10.6 Å². The van der Waals surface area contributed by atoms with Crippen LogP contribution in [0.1, 0.15) is 21.6 Å². The molecule has 0 aliphatic carbocycles. The monoisotopic (exact) mass is 384 g/mol. The first kappa shape index (κ1) is 18.5. The number of thiazole rings is 1. The molecule has 0 spiro atoms. The molecule has 0 aliphatic rings. The van der Waals surface area contributed by atoms with Gasteiger partial charge in [0.1, 0.15) is 5.01 Å². The summed E-state index contributed by atoms with van der Waals surface area (Å²) in [4.78, 5) is 17.5. The Kier molecular flexibility index (Phi) is 5.96. The lowest BCUT2D eigenvalue weighted by molar-refractivity contribution is 0.0954. The van der Waals surface area contributed by atoms with Crippen molar-refractivity contribution in [3.05, 3.63) is 70.7 Å². The molecule has 1 atom stereocenters. The Morgan fingerprint density at radius 1 is 1.12 bits per heavy atom. The van der Waals surface area contributed by atoms with Crippen molar-refractivity contribution >= 4 is 28.0 Å². The van der Waals surface area contributed by atoms with Crippen LogP contribution in [0.2, 0.25) is 0 Å². The Balaban J connectivity index is 1.54. The Bertz CT molecular complexity index is 916. The molecule has 6 heteroatoms. The number of hydrogen-bond donors (Lipinski definition) is 1. The highest BCUT2D eigenvalue weighted by Crippen LogP contribution is 2.24. The molecule has 1 amide bonds. The summed E-state index contributed by atoms with van der Waals surface area (Å²) in [5, 5.41) is 5.93. The highest BCUT2D eigenvalue weighted by Gasteiger charge is 2.08. The minimum Gasteiger partial charge on any atom is -0.352 e. The molecule has 1 aromatic heterocycles. The lowest BCUT2D eigenvalue weighted by Gasteiger charge is -2.05. The highest BCUT2D eigenvalue weighted by molar-refractivity contribution is 7.84. The van der Waals surface area contributed by atoms with Gasteiger partial charge in [0, 0.05) is 51.4 Å². The SMILES string of the molecule is Cc1ccc(-c2nc(CCNC(=O)c3ccc(S(C)=O)cc3)cs2)cc1. The van der Waals surface area contributed by atoms with Crippen LogP contribution in [0.3, 0.4) is 0 Å². The number of carbonyl (C=O) groups is 1. The van der Waals surface area contributed by atoms with E-state index in [-0.39, 0.29) is 5.91 Å². The zero-order valence-corrected chi connectivity index (χ0v) is 16.3. The third-order valence-electron chi connectivity index (χ3n) is 3.97. The fourth-order valence-electron chi connectivity index (χ4n) is 2.45. The first-order chi connectivity index (χ1) is 12.5. The van der Waals surface area contributed by atoms with E-state index in [0.29, 0.717) is 23.4 Å². The van der Waals surface area contributed by atoms with Gasteiger partial charge in [0.05, 0.1) is 5.69 Å². The highest BCUT2D eigenvalue weighted by atomic mass is 32.2. The van der Waals surface area contributed by atoms with Gasteiger partial charge in [0.15, 0.2) is 0 Å². The molecule has 134 valence electrons. The number of nitrogens with zero attached hydrogens (tertiary/aromatic N) is 1. The van der Waals surface area contributed by atoms with E-state index >= 15 is 0 Å². The van der Waals surface area contributed by atoms with Crippen LogP contribution in [-0.4, -0.2) is 27.9 Å². The van der Waals surface area contributed by atoms with Crippen molar-refractivity contribution in [2.45, 2.75) is 18.2 Å². The normalized spacial score (nSPS) is 11.9. The molecule has 0 bridgehead atoms. The molecule has 4 nitrogen and oxygen atoms in total. The maximum Gasteiger partial charge on any atom is 0.251 e. The van der Waals surface area contributed by atoms with Crippen LogP contribution < -0.4 is 5.32 Å². The molecule has 1 N–H and O–H groups in total. The van der Waals surface area contributed by atoms with Gasteiger partial charge in [-0.3, -0.25) is 9.00 Å². The third kappa shape index (κ3) is 4.65. The van der Waals surface area contributed by atoms with E-state index in [1.54, 1.807) is 41.9 Å². The number of benzene rings is 2. The summed E-state index contributed by atoms with van der Waals surface area (Å²) in [6.45, 7) is 2.59. The minimum absolute atomic E-state index is 0.132. The molecule has 0 aliphatic heterocycles. The maximum absolute atomic E-state index is 12.2. The molecule has 3 aromatic rings. The van der Waals surface area contributed by atoms with Crippen molar-refractivity contribution in [1.29, 1.82) is 0 Å². The van der Waals surface area contributed by atoms with Gasteiger partial charge < -0.3 is 5.32 Å². The summed E-state index contributed by atoms with van der Waals surface area (Å²) in [7, 11) is -1.03. The first-order valence-electron chi connectivity index (χ1n) is 8.26. The molecule has 0 fully saturated rings. The van der Waals surface area contributed by atoms with Crippen LogP contribution in [0.15, 0.2) is 58.8 Å². The number of nitrogens with one attached hydrogen (secondary N) is 1. The second-order valence-electron chi connectivity index (χ2n) is 5.99. The van der Waals surface area contributed by atoms with Gasteiger partial charge in [-0.1, -0.05) is 29.8 Å². The number of amides is 1. The molecule has 1 unspecified atom stereocenters. The van der Waals surface area contributed by atoms with E-state index in [2.05, 4.69) is 41.5 Å². The quantitative estimate of drug-likeness (QED) is 0.703. The van der Waals surface area contributed by atoms with Gasteiger partial charge in [-0.15, -0.1) is 11.3 Å². The molecule has 26 heavy (non-hydrogen) atoms. The minimum atomic E-state index is -1.03. The lowest BCUT2D eigenvalue weighted by atomic mass is 10.2. The zero-order chi connectivity index (χ0) is 18.5. The Morgan fingerprint density at radius 2 is 1.81 bits per heavy atom. The maximum atomic E-state index is 12.2. The molecule has 1 heterocycles. The van der Waals surface area contributed by atoms with Crippen molar-refractivity contribution in [2.75, 3.05) is 12.8 Å². The molecule has 0 radical (unpaired) electrons. The molecular weight excluding hydrogens is 364 g/mol. The Labute approximate surface area is 159 Å². The van der Waals surface area contributed by atoms with Gasteiger partial charge in [0.25, 0.3) is 5.91 Å². The van der Waals surface area contributed by atoms with Crippen molar-refractivity contribution in [3.63, 3.8) is 0 Å². The van der Waals surface area contributed by atoms with E-state index in [1.807, 2.05) is 5.38 Å². The predicted octanol–water partition coefficient (Wildman–Crippen LogP) is 3.83. The van der Waals surface area contributed by atoms with E-state index < -0.39 is 10.8 Å². The topological polar surface area (TPSA) is 59.1 Å². The number of aryl methyl sites for hydroxylation is 1. The van der Waals surface area contributed by atoms with Crippen LogP contribution in [0.5, 0.6) is 0 Å². The van der Waals surface area contributed by atoms with Crippen LogP contribution in [0, 0.1) is 6.92 Å². The fraction of sp³-hybridized carbons (Fsp3) is 0.200. The summed E-state index contributed by atoms with van der Waals surface area (Å²) < 4.78 is 11.4. The third-order valence-corrected chi connectivity index (χ3v) is 5.84. The standard InChI is InChI=1S/C20H20N2O2S2/c1-14-3-5-16(6-4-14)20-22-17(13-25-20)11-12-21-19(23)15-7-9-18(10-8-15)26(2)24/h3-10,13H,11-12H2,1-2H3,(H,21,23). The van der Waals surface area contributed by atoms with Crippen molar-refractivity contribution in [2.24, 2.45) is 0 Å². The Hall–Kier alpha value is -2.31. The van der Waals surface area contributed by atoms with Crippen LogP contribution in [0.25, 0.3) is 10.6 Å². The van der Waals surface area contributed by atoms with Crippen LogP contribution in [-0.2, 0) is 17.2 Å². The smallest absolute Gasteiger partial charge is 0.251 e. The van der Waals surface area contributed by atoms with E-state index in [9.17, 15) is 9.00 Å². The van der Waals surface area contributed by atoms with Gasteiger partial charge in [-0.25, -0.2) is 4.98 Å². The van der Waals surface area contributed by atoms with Gasteiger partial charge in [-0.05, 0) is 31.2 Å². The predicted molar refractivity (Wildman–Crippen MR) is 107 cm³/mol. The van der Waals surface area contributed by atoms with Crippen LogP contribution >= 0.6 is 11.3 Å². The number of carbonyl (C=O) groups excluding carboxylic acids is 1. The Morgan fingerprint density at radius 3 is 2.46 bits per heavy atom. The zero-order valence-electron chi connectivity index (χ0n) is 14.7. The lowest BCUT2D eigenvalue weighted by Crippen LogP contribution is -2.25. The van der Waals surface area contributed by atoms with Crippen LogP contribution in [0.4, 0.5) is 0 Å². The van der Waals surface area contributed by atoms with E-state index in [1.165, 1.54) is 5.56 Å². The number of aromatic nitrogens is 1. The molecule has 2 aromatic carbocycles. The average molecular weight is 385 g/mol. The summed E-state index contributed by atoms with van der Waals surface area (Å²) >= 11 is 1.62. The van der Waals surface area contributed by atoms with Gasteiger partial charge >= 0.3 is 0 Å².